The molecule has 3 heterocycles. The molecule has 1 aliphatic rings. The molecule has 0 radical (unpaired) electrons. The molecular weight excluding hydrogens is 343 g/mol. The zero-order chi connectivity index (χ0) is 17.2. The van der Waals surface area contributed by atoms with Crippen LogP contribution in [0.2, 0.25) is 0 Å². The van der Waals surface area contributed by atoms with Gasteiger partial charge in [0, 0.05) is 19.8 Å². The summed E-state index contributed by atoms with van der Waals surface area (Å²) in [7, 11) is 1.77. The fourth-order valence-electron chi connectivity index (χ4n) is 3.43. The molecular formula is C15H14F3N3O2S. The molecule has 4 rings (SSSR count). The van der Waals surface area contributed by atoms with Gasteiger partial charge in [-0.05, 0) is 24.8 Å². The monoisotopic (exact) mass is 357 g/mol. The lowest BCUT2D eigenvalue weighted by atomic mass is 9.74. The van der Waals surface area contributed by atoms with Gasteiger partial charge in [-0.3, -0.25) is 4.68 Å². The molecule has 0 aliphatic heterocycles. The number of aromatic nitrogens is 3. The average Bonchev–Trinajstić information content (AvgIpc) is 3.04. The zero-order valence-electron chi connectivity index (χ0n) is 12.7. The van der Waals surface area contributed by atoms with Crippen molar-refractivity contribution in [1.29, 1.82) is 0 Å². The maximum Gasteiger partial charge on any atom is 0.391 e. The average molecular weight is 357 g/mol. The van der Waals surface area contributed by atoms with Crippen LogP contribution >= 0.6 is 11.3 Å². The summed E-state index contributed by atoms with van der Waals surface area (Å²) in [5.41, 5.74) is 1.44. The van der Waals surface area contributed by atoms with Crippen molar-refractivity contribution in [2.75, 3.05) is 0 Å². The van der Waals surface area contributed by atoms with Crippen LogP contribution in [0.4, 0.5) is 13.2 Å². The van der Waals surface area contributed by atoms with Crippen molar-refractivity contribution in [2.24, 2.45) is 18.9 Å². The number of hydrogen-bond acceptors (Lipinski definition) is 3. The Hall–Kier alpha value is -2.03. The summed E-state index contributed by atoms with van der Waals surface area (Å²) < 4.78 is 42.3. The lowest BCUT2D eigenvalue weighted by molar-refractivity contribution is -0.205. The highest BCUT2D eigenvalue weighted by Crippen LogP contribution is 2.46. The van der Waals surface area contributed by atoms with Gasteiger partial charge in [0.2, 0.25) is 0 Å². The molecule has 1 N–H and O–H groups in total. The Bertz CT molecular complexity index is 947. The van der Waals surface area contributed by atoms with Crippen LogP contribution in [-0.4, -0.2) is 31.6 Å². The van der Waals surface area contributed by atoms with Gasteiger partial charge in [0.25, 0.3) is 0 Å². The Labute approximate surface area is 138 Å². The number of rotatable bonds is 3. The van der Waals surface area contributed by atoms with Crippen molar-refractivity contribution < 1.29 is 23.1 Å². The molecule has 1 fully saturated rings. The van der Waals surface area contributed by atoms with Crippen LogP contribution in [0.5, 0.6) is 0 Å². The van der Waals surface area contributed by atoms with Gasteiger partial charge in [0.1, 0.15) is 4.88 Å². The highest BCUT2D eigenvalue weighted by Gasteiger charge is 2.47. The van der Waals surface area contributed by atoms with Crippen molar-refractivity contribution >= 4 is 38.6 Å². The highest BCUT2D eigenvalue weighted by molar-refractivity contribution is 7.21. The molecule has 0 unspecified atom stereocenters. The number of alkyl halides is 3. The molecule has 0 amide bonds. The van der Waals surface area contributed by atoms with Crippen LogP contribution in [-0.2, 0) is 13.6 Å². The number of aromatic carboxylic acids is 1. The first-order valence-electron chi connectivity index (χ1n) is 7.49. The number of carbonyl (C=O) groups is 1. The maximum absolute atomic E-state index is 12.7. The standard InChI is InChI=1S/C15H14F3N3O2S/c1-20-6-9-12-10(4-11(24-12)14(22)23)21(13(9)19-20)5-7-2-8(3-7)15(16,17)18/h4,6-8H,2-3,5H2,1H3,(H,22,23). The zero-order valence-corrected chi connectivity index (χ0v) is 13.5. The van der Waals surface area contributed by atoms with Crippen molar-refractivity contribution in [3.8, 4) is 0 Å². The normalized spacial score (nSPS) is 21.5. The van der Waals surface area contributed by atoms with Crippen molar-refractivity contribution in [3.05, 3.63) is 17.1 Å². The molecule has 0 saturated heterocycles. The summed E-state index contributed by atoms with van der Waals surface area (Å²) in [5, 5.41) is 14.4. The van der Waals surface area contributed by atoms with E-state index < -0.39 is 18.1 Å². The summed E-state index contributed by atoms with van der Waals surface area (Å²) in [6.45, 7) is 0.430. The SMILES string of the molecule is Cn1cc2c3sc(C(=O)O)cc3n(CC3CC(C(F)(F)F)C3)c2n1. The minimum atomic E-state index is -4.12. The molecule has 1 saturated carbocycles. The van der Waals surface area contributed by atoms with Crippen molar-refractivity contribution in [2.45, 2.75) is 25.6 Å². The number of aryl methyl sites for hydroxylation is 1. The maximum atomic E-state index is 12.7. The van der Waals surface area contributed by atoms with E-state index in [-0.39, 0.29) is 23.6 Å². The largest absolute Gasteiger partial charge is 0.477 e. The fourth-order valence-corrected chi connectivity index (χ4v) is 4.43. The van der Waals surface area contributed by atoms with Gasteiger partial charge in [-0.1, -0.05) is 0 Å². The minimum Gasteiger partial charge on any atom is -0.477 e. The van der Waals surface area contributed by atoms with E-state index in [0.29, 0.717) is 12.2 Å². The Balaban J connectivity index is 1.71. The Morgan fingerprint density at radius 1 is 1.46 bits per heavy atom. The van der Waals surface area contributed by atoms with E-state index >= 15 is 0 Å². The van der Waals surface area contributed by atoms with Crippen molar-refractivity contribution in [3.63, 3.8) is 0 Å². The number of thiophene rings is 1. The van der Waals surface area contributed by atoms with Crippen LogP contribution in [0.25, 0.3) is 21.3 Å². The molecule has 3 aromatic rings. The quantitative estimate of drug-likeness (QED) is 0.774. The second kappa shape index (κ2) is 4.98. The van der Waals surface area contributed by atoms with Crippen LogP contribution in [0.1, 0.15) is 22.5 Å². The summed E-state index contributed by atoms with van der Waals surface area (Å²) in [5.74, 6) is -2.28. The number of fused-ring (bicyclic) bond motifs is 3. The van der Waals surface area contributed by atoms with Gasteiger partial charge in [-0.2, -0.15) is 18.3 Å². The molecule has 1 aliphatic carbocycles. The Morgan fingerprint density at radius 3 is 2.79 bits per heavy atom. The van der Waals surface area contributed by atoms with E-state index in [9.17, 15) is 23.1 Å². The topological polar surface area (TPSA) is 60.1 Å². The predicted molar refractivity (Wildman–Crippen MR) is 83.3 cm³/mol. The lowest BCUT2D eigenvalue weighted by Gasteiger charge is -2.36. The highest BCUT2D eigenvalue weighted by atomic mass is 32.1. The fraction of sp³-hybridized carbons (Fsp3) is 0.467. The van der Waals surface area contributed by atoms with Gasteiger partial charge in [-0.25, -0.2) is 4.79 Å². The third kappa shape index (κ3) is 2.29. The number of hydrogen-bond donors (Lipinski definition) is 1. The van der Waals surface area contributed by atoms with Gasteiger partial charge >= 0.3 is 12.1 Å². The van der Waals surface area contributed by atoms with E-state index in [1.165, 1.54) is 11.3 Å². The first-order valence-corrected chi connectivity index (χ1v) is 8.31. The van der Waals surface area contributed by atoms with Crippen molar-refractivity contribution in [1.82, 2.24) is 14.3 Å². The summed E-state index contributed by atoms with van der Waals surface area (Å²) in [6.07, 6.45) is -2.07. The molecule has 128 valence electrons. The second-order valence-electron chi connectivity index (χ2n) is 6.36. The third-order valence-electron chi connectivity index (χ3n) is 4.66. The van der Waals surface area contributed by atoms with E-state index in [1.807, 2.05) is 10.8 Å². The number of nitrogens with zero attached hydrogens (tertiary/aromatic N) is 3. The molecule has 3 aromatic heterocycles. The number of carboxylic acid groups (broad SMARTS) is 1. The van der Waals surface area contributed by atoms with E-state index in [0.717, 1.165) is 15.6 Å². The molecule has 9 heteroatoms. The van der Waals surface area contributed by atoms with Crippen LogP contribution in [0.15, 0.2) is 12.3 Å². The van der Waals surface area contributed by atoms with Crippen LogP contribution in [0, 0.1) is 11.8 Å². The van der Waals surface area contributed by atoms with E-state index in [4.69, 9.17) is 0 Å². The van der Waals surface area contributed by atoms with E-state index in [2.05, 4.69) is 5.10 Å². The van der Waals surface area contributed by atoms with Gasteiger partial charge in [-0.15, -0.1) is 11.3 Å². The second-order valence-corrected chi connectivity index (χ2v) is 7.41. The smallest absolute Gasteiger partial charge is 0.391 e. The molecule has 0 aromatic carbocycles. The Morgan fingerprint density at radius 2 is 2.17 bits per heavy atom. The third-order valence-corrected chi connectivity index (χ3v) is 5.81. The summed E-state index contributed by atoms with van der Waals surface area (Å²) in [4.78, 5) is 11.4. The lowest BCUT2D eigenvalue weighted by Crippen LogP contribution is -2.37. The molecule has 24 heavy (non-hydrogen) atoms. The molecule has 0 bridgehead atoms. The minimum absolute atomic E-state index is 0.0643. The summed E-state index contributed by atoms with van der Waals surface area (Å²) in [6, 6.07) is 1.59. The predicted octanol–water partition coefficient (Wildman–Crippen LogP) is 3.88. The van der Waals surface area contributed by atoms with Gasteiger partial charge in [0.15, 0.2) is 5.65 Å². The Kier molecular flexibility index (Phi) is 3.22. The van der Waals surface area contributed by atoms with Crippen LogP contribution < -0.4 is 0 Å². The van der Waals surface area contributed by atoms with Gasteiger partial charge in [0.05, 0.1) is 21.5 Å². The molecule has 5 nitrogen and oxygen atoms in total. The number of halogens is 3. The summed E-state index contributed by atoms with van der Waals surface area (Å²) >= 11 is 1.17. The molecule has 0 spiro atoms. The molecule has 0 atom stereocenters. The van der Waals surface area contributed by atoms with Gasteiger partial charge < -0.3 is 9.67 Å². The van der Waals surface area contributed by atoms with Crippen LogP contribution in [0.3, 0.4) is 0 Å². The van der Waals surface area contributed by atoms with E-state index in [1.54, 1.807) is 17.8 Å². The number of carboxylic acids is 1. The first kappa shape index (κ1) is 15.5. The first-order chi connectivity index (χ1) is 11.2.